The predicted molar refractivity (Wildman–Crippen MR) is 251 cm³/mol. The van der Waals surface area contributed by atoms with Gasteiger partial charge in [0.15, 0.2) is 6.29 Å². The maximum Gasteiger partial charge on any atom is 0.309 e. The van der Waals surface area contributed by atoms with Crippen LogP contribution in [0.2, 0.25) is 0 Å². The largest absolute Gasteiger partial charge is 0.481 e. The average molecular weight is 1160 g/mol. The fourth-order valence-electron chi connectivity index (χ4n) is 4.19. The molecule has 0 aromatic carbocycles. The second-order valence-corrected chi connectivity index (χ2v) is 15.0. The summed E-state index contributed by atoms with van der Waals surface area (Å²) in [5.74, 6) is 0.595. The van der Waals surface area contributed by atoms with Crippen LogP contribution in [0.4, 0.5) is 0 Å². The van der Waals surface area contributed by atoms with Crippen molar-refractivity contribution in [1.82, 2.24) is 0 Å². The number of rotatable bonds is 12. The third kappa shape index (κ3) is 77.1. The number of carbonyl (C=O) groups is 7. The first-order valence-electron chi connectivity index (χ1n) is 23.0. The first-order chi connectivity index (χ1) is 30.8. The molecule has 0 amide bonds. The molecule has 5 aliphatic rings. The molecule has 0 aromatic heterocycles. The Morgan fingerprint density at radius 1 is 0.603 bits per heavy atom. The first kappa shape index (κ1) is 81.9. The number of esters is 3. The van der Waals surface area contributed by atoms with Crippen molar-refractivity contribution >= 4 is 41.8 Å². The fraction of sp³-hybridized carbons (Fsp3) is 0.809. The van der Waals surface area contributed by atoms with Crippen molar-refractivity contribution in [2.45, 2.75) is 168 Å². The molecule has 9 unspecified atom stereocenters. The summed E-state index contributed by atoms with van der Waals surface area (Å²) in [6.45, 7) is 33.3. The van der Waals surface area contributed by atoms with Crippen LogP contribution in [0.25, 0.3) is 0 Å². The zero-order valence-electron chi connectivity index (χ0n) is 43.6. The van der Waals surface area contributed by atoms with Crippen LogP contribution in [0.3, 0.4) is 0 Å². The van der Waals surface area contributed by atoms with Crippen molar-refractivity contribution < 1.29 is 126 Å². The number of carboxylic acid groups (broad SMARTS) is 4. The van der Waals surface area contributed by atoms with E-state index in [4.69, 9.17) is 74.1 Å². The van der Waals surface area contributed by atoms with Gasteiger partial charge in [-0.2, -0.15) is 0 Å². The van der Waals surface area contributed by atoms with E-state index in [9.17, 15) is 14.4 Å². The van der Waals surface area contributed by atoms with E-state index in [1.54, 1.807) is 13.8 Å². The molecular weight excluding hydrogens is 1070 g/mol. The normalized spacial score (nSPS) is 22.4. The number of carboxylic acids is 4. The Kier molecular flexibility index (Phi) is 68.0. The Morgan fingerprint density at radius 2 is 0.941 bits per heavy atom. The minimum absolute atomic E-state index is 0. The van der Waals surface area contributed by atoms with Crippen molar-refractivity contribution in [1.29, 1.82) is 0 Å². The van der Waals surface area contributed by atoms with Crippen LogP contribution < -0.4 is 5.73 Å². The zero-order chi connectivity index (χ0) is 52.8. The standard InChI is InChI=1S/C7H14O2.3C7H12O2.C5H10O2.C4H9N.4C2H4O2.C2H6.2Rh/c1-3-8-9-5-7-4-6(7)2;2*1-3-9-7(8)6-4-5(6)2;1-2-8-7-5-3-4-6-9-7;1-3-5(6)7-4-2;1-3-2-4(3)5;4*1-2(3)4;1-2;;/h6-7H,3-5H2,1-2H3;2*5-6H,3-4H2,1-2H3;2,7H,1,3-6H2;3-4H2,1-2H3;3-4H,2,5H2,1H3;4*1H3,(H,3,4);1-2H3;;. The molecule has 4 aliphatic carbocycles. The SMILES string of the molecule is C=COC1CCCCO1.CC.CC(=O)O.CC(=O)O.CC(=O)O.CC(=O)O.CC1CC1N.CCOC(=O)C1CC1C.CCOC(=O)C1CC1C.CCOC(=O)CC.CCOOCC1CC1C.[Rh].[Rh]. The van der Waals surface area contributed by atoms with E-state index in [1.165, 1.54) is 25.5 Å². The van der Waals surface area contributed by atoms with E-state index in [2.05, 4.69) is 39.0 Å². The number of aliphatic carboxylic acids is 4. The molecule has 1 saturated heterocycles. The summed E-state index contributed by atoms with van der Waals surface area (Å²) in [7, 11) is 0. The van der Waals surface area contributed by atoms with Gasteiger partial charge in [0, 0.05) is 85.5 Å². The third-order valence-corrected chi connectivity index (χ3v) is 8.31. The van der Waals surface area contributed by atoms with Gasteiger partial charge < -0.3 is 49.8 Å². The monoisotopic (exact) mass is 1160 g/mol. The molecule has 0 spiro atoms. The Hall–Kier alpha value is -3.08. The van der Waals surface area contributed by atoms with Crippen molar-refractivity contribution in [3.63, 3.8) is 0 Å². The molecular formula is C47H91NO18Rh2. The third-order valence-electron chi connectivity index (χ3n) is 8.31. The minimum Gasteiger partial charge on any atom is -0.481 e. The van der Waals surface area contributed by atoms with Gasteiger partial charge in [0.2, 0.25) is 0 Å². The van der Waals surface area contributed by atoms with Crippen LogP contribution in [0.1, 0.15) is 155 Å². The quantitative estimate of drug-likeness (QED) is 0.0233. The van der Waals surface area contributed by atoms with Gasteiger partial charge in [-0.05, 0) is 95.8 Å². The molecule has 68 heavy (non-hydrogen) atoms. The number of ether oxygens (including phenoxy) is 5. The summed E-state index contributed by atoms with van der Waals surface area (Å²) in [4.78, 5) is 77.4. The summed E-state index contributed by atoms with van der Waals surface area (Å²) in [6, 6.07) is 0.551. The van der Waals surface area contributed by atoms with E-state index >= 15 is 0 Å². The first-order valence-corrected chi connectivity index (χ1v) is 23.0. The molecule has 1 heterocycles. The van der Waals surface area contributed by atoms with Crippen LogP contribution in [0.5, 0.6) is 0 Å². The molecule has 0 aromatic rings. The number of hydrogen-bond donors (Lipinski definition) is 5. The number of hydrogen-bond acceptors (Lipinski definition) is 15. The van der Waals surface area contributed by atoms with Gasteiger partial charge in [-0.15, -0.1) is 0 Å². The van der Waals surface area contributed by atoms with E-state index in [-0.39, 0.29) is 75.0 Å². The molecule has 6 N–H and O–H groups in total. The van der Waals surface area contributed by atoms with E-state index in [0.717, 1.165) is 84.3 Å². The van der Waals surface area contributed by atoms with Crippen molar-refractivity contribution in [2.75, 3.05) is 39.6 Å². The van der Waals surface area contributed by atoms with E-state index in [0.29, 0.717) is 50.7 Å². The van der Waals surface area contributed by atoms with Gasteiger partial charge in [-0.1, -0.05) is 55.0 Å². The van der Waals surface area contributed by atoms with Crippen molar-refractivity contribution in [2.24, 2.45) is 47.2 Å². The second kappa shape index (κ2) is 56.5. The maximum absolute atomic E-state index is 10.8. The predicted octanol–water partition coefficient (Wildman–Crippen LogP) is 8.39. The molecule has 0 bridgehead atoms. The summed E-state index contributed by atoms with van der Waals surface area (Å²) >= 11 is 0. The molecule has 9 atom stereocenters. The van der Waals surface area contributed by atoms with Gasteiger partial charge in [0.25, 0.3) is 23.9 Å². The molecule has 410 valence electrons. The average Bonchev–Trinajstić information content (AvgIpc) is 4.13. The van der Waals surface area contributed by atoms with E-state index in [1.807, 2.05) is 34.6 Å². The molecule has 5 rings (SSSR count). The summed E-state index contributed by atoms with van der Waals surface area (Å²) in [5, 5.41) is 29.7. The van der Waals surface area contributed by atoms with Gasteiger partial charge in [0.05, 0.1) is 57.7 Å². The van der Waals surface area contributed by atoms with Gasteiger partial charge in [0.1, 0.15) is 0 Å². The van der Waals surface area contributed by atoms with Crippen molar-refractivity contribution in [3.05, 3.63) is 12.8 Å². The Morgan fingerprint density at radius 3 is 1.13 bits per heavy atom. The number of carbonyl (C=O) groups excluding carboxylic acids is 3. The molecule has 2 radical (unpaired) electrons. The molecule has 21 heteroatoms. The molecule has 19 nitrogen and oxygen atoms in total. The molecule has 4 saturated carbocycles. The Labute approximate surface area is 433 Å². The van der Waals surface area contributed by atoms with Crippen LogP contribution >= 0.6 is 0 Å². The van der Waals surface area contributed by atoms with Gasteiger partial charge >= 0.3 is 17.9 Å². The number of nitrogens with two attached hydrogens (primary N) is 1. The summed E-state index contributed by atoms with van der Waals surface area (Å²) in [5.41, 5.74) is 5.37. The second-order valence-electron chi connectivity index (χ2n) is 15.0. The molecule has 5 fully saturated rings. The van der Waals surface area contributed by atoms with Gasteiger partial charge in [-0.25, -0.2) is 9.78 Å². The summed E-state index contributed by atoms with van der Waals surface area (Å²) < 4.78 is 24.4. The Balaban J connectivity index is -0.0000000991. The summed E-state index contributed by atoms with van der Waals surface area (Å²) in [6.07, 6.45) is 9.90. The van der Waals surface area contributed by atoms with Crippen molar-refractivity contribution in [3.8, 4) is 0 Å². The van der Waals surface area contributed by atoms with Gasteiger partial charge in [-0.3, -0.25) is 33.6 Å². The fourth-order valence-corrected chi connectivity index (χ4v) is 4.19. The van der Waals surface area contributed by atoms with E-state index < -0.39 is 23.9 Å². The zero-order valence-corrected chi connectivity index (χ0v) is 46.9. The smallest absolute Gasteiger partial charge is 0.309 e. The van der Waals surface area contributed by atoms with Crippen LogP contribution in [0.15, 0.2) is 12.8 Å². The van der Waals surface area contributed by atoms with Crippen LogP contribution in [-0.2, 0) is 106 Å². The topological polar surface area (TPSA) is 291 Å². The maximum atomic E-state index is 10.8. The minimum atomic E-state index is -0.833. The molecule has 1 aliphatic heterocycles. The van der Waals surface area contributed by atoms with Crippen LogP contribution in [0, 0.1) is 41.4 Å². The Bertz CT molecular complexity index is 1160. The van der Waals surface area contributed by atoms with Crippen LogP contribution in [-0.4, -0.2) is 114 Å².